The van der Waals surface area contributed by atoms with Crippen molar-refractivity contribution in [3.05, 3.63) is 36.5 Å². The number of hydrogen-bond donors (Lipinski definition) is 1. The Balaban J connectivity index is 2.01. The summed E-state index contributed by atoms with van der Waals surface area (Å²) in [6.45, 7) is 1.23. The fourth-order valence-corrected chi connectivity index (χ4v) is 1.90. The molecule has 5 nitrogen and oxygen atoms in total. The maximum Gasteiger partial charge on any atom is 0.260 e. The van der Waals surface area contributed by atoms with Gasteiger partial charge in [0.1, 0.15) is 11.3 Å². The van der Waals surface area contributed by atoms with E-state index in [0.717, 1.165) is 17.3 Å². The van der Waals surface area contributed by atoms with Crippen molar-refractivity contribution in [2.45, 2.75) is 6.42 Å². The standard InChI is InChI=1S/C15H19N3O2/c1-18(10-4-8-16)14(19)11-20-13-7-2-5-12-6-3-9-17-15(12)13/h2-3,5-7,9H,4,8,10-11,16H2,1H3. The SMILES string of the molecule is CN(CCCN)C(=O)COc1cccc2cccnc12. The summed E-state index contributed by atoms with van der Waals surface area (Å²) in [5.74, 6) is 0.565. The molecule has 0 radical (unpaired) electrons. The van der Waals surface area contributed by atoms with Crippen LogP contribution in [0.2, 0.25) is 0 Å². The van der Waals surface area contributed by atoms with E-state index in [1.165, 1.54) is 0 Å². The minimum atomic E-state index is -0.0635. The highest BCUT2D eigenvalue weighted by Gasteiger charge is 2.10. The second-order valence-corrected chi connectivity index (χ2v) is 4.58. The first kappa shape index (κ1) is 14.3. The molecular formula is C15H19N3O2. The summed E-state index contributed by atoms with van der Waals surface area (Å²) in [7, 11) is 1.75. The van der Waals surface area contributed by atoms with Gasteiger partial charge in [0.25, 0.3) is 5.91 Å². The van der Waals surface area contributed by atoms with E-state index in [-0.39, 0.29) is 12.5 Å². The van der Waals surface area contributed by atoms with Crippen LogP contribution in [0.3, 0.4) is 0 Å². The number of likely N-dealkylation sites (N-methyl/N-ethyl adjacent to an activating group) is 1. The summed E-state index contributed by atoms with van der Waals surface area (Å²) >= 11 is 0. The highest BCUT2D eigenvalue weighted by molar-refractivity contribution is 5.85. The third kappa shape index (κ3) is 3.45. The zero-order valence-corrected chi connectivity index (χ0v) is 11.6. The number of carbonyl (C=O) groups is 1. The number of carbonyl (C=O) groups excluding carboxylic acids is 1. The zero-order valence-electron chi connectivity index (χ0n) is 11.6. The molecule has 0 aliphatic heterocycles. The minimum absolute atomic E-state index is 0.0107. The molecule has 2 rings (SSSR count). The molecule has 0 bridgehead atoms. The van der Waals surface area contributed by atoms with Crippen LogP contribution in [-0.4, -0.2) is 42.5 Å². The van der Waals surface area contributed by atoms with Gasteiger partial charge >= 0.3 is 0 Å². The van der Waals surface area contributed by atoms with E-state index in [1.54, 1.807) is 18.1 Å². The van der Waals surface area contributed by atoms with Crippen LogP contribution < -0.4 is 10.5 Å². The number of aromatic nitrogens is 1. The van der Waals surface area contributed by atoms with Crippen LogP contribution in [0.5, 0.6) is 5.75 Å². The van der Waals surface area contributed by atoms with E-state index >= 15 is 0 Å². The zero-order chi connectivity index (χ0) is 14.4. The van der Waals surface area contributed by atoms with Gasteiger partial charge in [-0.05, 0) is 25.1 Å². The largest absolute Gasteiger partial charge is 0.481 e. The fourth-order valence-electron chi connectivity index (χ4n) is 1.90. The van der Waals surface area contributed by atoms with Gasteiger partial charge in [-0.2, -0.15) is 0 Å². The molecule has 2 N–H and O–H groups in total. The van der Waals surface area contributed by atoms with Crippen molar-refractivity contribution in [1.29, 1.82) is 0 Å². The highest BCUT2D eigenvalue weighted by Crippen LogP contribution is 2.22. The number of nitrogens with zero attached hydrogens (tertiary/aromatic N) is 2. The van der Waals surface area contributed by atoms with E-state index in [0.29, 0.717) is 18.8 Å². The molecule has 0 atom stereocenters. The lowest BCUT2D eigenvalue weighted by Crippen LogP contribution is -2.33. The highest BCUT2D eigenvalue weighted by atomic mass is 16.5. The Bertz CT molecular complexity index is 581. The maximum absolute atomic E-state index is 11.9. The average molecular weight is 273 g/mol. The number of hydrogen-bond acceptors (Lipinski definition) is 4. The molecule has 0 fully saturated rings. The van der Waals surface area contributed by atoms with Crippen molar-refractivity contribution in [3.63, 3.8) is 0 Å². The van der Waals surface area contributed by atoms with Crippen molar-refractivity contribution in [3.8, 4) is 5.75 Å². The van der Waals surface area contributed by atoms with Gasteiger partial charge < -0.3 is 15.4 Å². The normalized spacial score (nSPS) is 10.5. The Morgan fingerprint density at radius 1 is 1.35 bits per heavy atom. The molecule has 5 heteroatoms. The van der Waals surface area contributed by atoms with Crippen LogP contribution in [-0.2, 0) is 4.79 Å². The quantitative estimate of drug-likeness (QED) is 0.864. The van der Waals surface area contributed by atoms with Gasteiger partial charge in [0.2, 0.25) is 0 Å². The monoisotopic (exact) mass is 273 g/mol. The number of ether oxygens (including phenoxy) is 1. The molecular weight excluding hydrogens is 254 g/mol. The number of rotatable bonds is 6. The summed E-state index contributed by atoms with van der Waals surface area (Å²) in [5.41, 5.74) is 6.20. The van der Waals surface area contributed by atoms with Crippen LogP contribution in [0, 0.1) is 0 Å². The topological polar surface area (TPSA) is 68.5 Å². The van der Waals surface area contributed by atoms with Gasteiger partial charge in [0, 0.05) is 25.2 Å². The summed E-state index contributed by atoms with van der Waals surface area (Å²) in [4.78, 5) is 17.8. The number of fused-ring (bicyclic) bond motifs is 1. The van der Waals surface area contributed by atoms with Crippen LogP contribution in [0.1, 0.15) is 6.42 Å². The van der Waals surface area contributed by atoms with Crippen LogP contribution in [0.15, 0.2) is 36.5 Å². The van der Waals surface area contributed by atoms with Gasteiger partial charge in [0.15, 0.2) is 6.61 Å². The predicted octanol–water partition coefficient (Wildman–Crippen LogP) is 1.42. The number of nitrogens with two attached hydrogens (primary N) is 1. The molecule has 0 saturated carbocycles. The van der Waals surface area contributed by atoms with E-state index < -0.39 is 0 Å². The summed E-state index contributed by atoms with van der Waals surface area (Å²) < 4.78 is 5.60. The Morgan fingerprint density at radius 2 is 2.15 bits per heavy atom. The van der Waals surface area contributed by atoms with Crippen molar-refractivity contribution in [2.24, 2.45) is 5.73 Å². The maximum atomic E-state index is 11.9. The van der Waals surface area contributed by atoms with Crippen molar-refractivity contribution in [2.75, 3.05) is 26.7 Å². The Kier molecular flexibility index (Phi) is 4.90. The van der Waals surface area contributed by atoms with Gasteiger partial charge in [-0.1, -0.05) is 18.2 Å². The van der Waals surface area contributed by atoms with E-state index in [1.807, 2.05) is 30.3 Å². The van der Waals surface area contributed by atoms with Gasteiger partial charge in [0.05, 0.1) is 0 Å². The molecule has 0 spiro atoms. The molecule has 0 aliphatic rings. The van der Waals surface area contributed by atoms with Gasteiger partial charge in [-0.3, -0.25) is 9.78 Å². The first-order chi connectivity index (χ1) is 9.72. The summed E-state index contributed by atoms with van der Waals surface area (Å²) in [6, 6.07) is 9.51. The second kappa shape index (κ2) is 6.86. The predicted molar refractivity (Wildman–Crippen MR) is 78.5 cm³/mol. The van der Waals surface area contributed by atoms with Crippen LogP contribution in [0.25, 0.3) is 10.9 Å². The van der Waals surface area contributed by atoms with Gasteiger partial charge in [-0.15, -0.1) is 0 Å². The molecule has 0 aliphatic carbocycles. The van der Waals surface area contributed by atoms with E-state index in [2.05, 4.69) is 4.98 Å². The third-order valence-electron chi connectivity index (χ3n) is 3.07. The van der Waals surface area contributed by atoms with Crippen molar-refractivity contribution >= 4 is 16.8 Å². The van der Waals surface area contributed by atoms with Crippen molar-refractivity contribution in [1.82, 2.24) is 9.88 Å². The minimum Gasteiger partial charge on any atom is -0.481 e. The number of benzene rings is 1. The number of pyridine rings is 1. The first-order valence-corrected chi connectivity index (χ1v) is 6.63. The molecule has 1 aromatic heterocycles. The first-order valence-electron chi connectivity index (χ1n) is 6.63. The average Bonchev–Trinajstić information content (AvgIpc) is 2.50. The summed E-state index contributed by atoms with van der Waals surface area (Å²) in [6.07, 6.45) is 2.50. The van der Waals surface area contributed by atoms with Crippen LogP contribution >= 0.6 is 0 Å². The fraction of sp³-hybridized carbons (Fsp3) is 0.333. The van der Waals surface area contributed by atoms with Crippen LogP contribution in [0.4, 0.5) is 0 Å². The van der Waals surface area contributed by atoms with Crippen molar-refractivity contribution < 1.29 is 9.53 Å². The van der Waals surface area contributed by atoms with E-state index in [9.17, 15) is 4.79 Å². The lowest BCUT2D eigenvalue weighted by molar-refractivity contribution is -0.132. The second-order valence-electron chi connectivity index (χ2n) is 4.58. The Morgan fingerprint density at radius 3 is 2.95 bits per heavy atom. The molecule has 106 valence electrons. The molecule has 1 amide bonds. The lowest BCUT2D eigenvalue weighted by Gasteiger charge is -2.17. The Hall–Kier alpha value is -2.14. The summed E-state index contributed by atoms with van der Waals surface area (Å²) in [5, 5.41) is 0.994. The molecule has 1 heterocycles. The molecule has 1 aromatic carbocycles. The van der Waals surface area contributed by atoms with Gasteiger partial charge in [-0.25, -0.2) is 0 Å². The number of para-hydroxylation sites is 1. The molecule has 2 aromatic rings. The number of amides is 1. The Labute approximate surface area is 118 Å². The smallest absolute Gasteiger partial charge is 0.260 e. The third-order valence-corrected chi connectivity index (χ3v) is 3.07. The lowest BCUT2D eigenvalue weighted by atomic mass is 10.2. The molecule has 0 saturated heterocycles. The molecule has 0 unspecified atom stereocenters. The molecule has 20 heavy (non-hydrogen) atoms. The van der Waals surface area contributed by atoms with E-state index in [4.69, 9.17) is 10.5 Å².